The highest BCUT2D eigenvalue weighted by molar-refractivity contribution is 5.72. The summed E-state index contributed by atoms with van der Waals surface area (Å²) in [5.41, 5.74) is 5.15. The molecule has 0 saturated carbocycles. The Morgan fingerprint density at radius 2 is 1.38 bits per heavy atom. The molecule has 0 unspecified atom stereocenters. The minimum Gasteiger partial charge on any atom is -0.429 e. The summed E-state index contributed by atoms with van der Waals surface area (Å²) in [6.45, 7) is 3.06. The summed E-state index contributed by atoms with van der Waals surface area (Å²) in [5, 5.41) is 0. The minimum absolute atomic E-state index is 0.296. The summed E-state index contributed by atoms with van der Waals surface area (Å²) in [7, 11) is 0. The van der Waals surface area contributed by atoms with Gasteiger partial charge in [-0.2, -0.15) is 0 Å². The number of carbonyl (C=O) groups is 3. The smallest absolute Gasteiger partial charge is 0.309 e. The van der Waals surface area contributed by atoms with E-state index in [0.29, 0.717) is 59.4 Å². The van der Waals surface area contributed by atoms with E-state index in [4.69, 9.17) is 24.2 Å². The number of fused-ring (bicyclic) bond motifs is 1. The standard InChI is InChI=1S/C31H25N3O6/c1-20(36)39-26-14-10-24(11-15-26)29-18-34-30(27(32-29)16-22-6-4-3-5-7-22)33-28(31(34)40-21(2)37)17-23-8-12-25(13-9-23)38-19-35/h3-15,18-19H,16-17H2,1-2H3. The van der Waals surface area contributed by atoms with E-state index in [1.807, 2.05) is 54.6 Å². The summed E-state index contributed by atoms with van der Waals surface area (Å²) in [5.74, 6) is 0.265. The number of hydrogen-bond donors (Lipinski definition) is 0. The summed E-state index contributed by atoms with van der Waals surface area (Å²) in [6, 6.07) is 23.9. The number of rotatable bonds is 9. The van der Waals surface area contributed by atoms with Gasteiger partial charge in [0.2, 0.25) is 5.88 Å². The molecule has 40 heavy (non-hydrogen) atoms. The lowest BCUT2D eigenvalue weighted by atomic mass is 10.1. The second kappa shape index (κ2) is 11.6. The molecule has 0 atom stereocenters. The highest BCUT2D eigenvalue weighted by atomic mass is 16.5. The molecule has 2 heterocycles. The number of nitrogens with zero attached hydrogens (tertiary/aromatic N) is 3. The first kappa shape index (κ1) is 26.3. The lowest BCUT2D eigenvalue weighted by Gasteiger charge is -2.10. The third-order valence-corrected chi connectivity index (χ3v) is 6.05. The Bertz CT molecular complexity index is 1680. The molecule has 0 aliphatic carbocycles. The largest absolute Gasteiger partial charge is 0.429 e. The third kappa shape index (κ3) is 6.05. The van der Waals surface area contributed by atoms with Gasteiger partial charge in [0.15, 0.2) is 5.65 Å². The summed E-state index contributed by atoms with van der Waals surface area (Å²) >= 11 is 0. The van der Waals surface area contributed by atoms with E-state index in [1.54, 1.807) is 34.9 Å². The van der Waals surface area contributed by atoms with Crippen LogP contribution in [0.2, 0.25) is 0 Å². The lowest BCUT2D eigenvalue weighted by Crippen LogP contribution is -2.07. The van der Waals surface area contributed by atoms with Crippen LogP contribution in [0.15, 0.2) is 85.1 Å². The average molecular weight is 536 g/mol. The second-order valence-electron chi connectivity index (χ2n) is 9.04. The SMILES string of the molecule is CC(=O)Oc1ccc(-c2cn3c(OC(C)=O)c(Cc4ccc(OC=O)cc4)nc3c(Cc3ccccc3)n2)cc1. The van der Waals surface area contributed by atoms with Crippen molar-refractivity contribution < 1.29 is 28.6 Å². The lowest BCUT2D eigenvalue weighted by molar-refractivity contribution is -0.133. The number of benzene rings is 3. The monoisotopic (exact) mass is 535 g/mol. The Balaban J connectivity index is 1.63. The van der Waals surface area contributed by atoms with Gasteiger partial charge in [0.1, 0.15) is 17.2 Å². The van der Waals surface area contributed by atoms with Gasteiger partial charge in [-0.1, -0.05) is 42.5 Å². The molecular formula is C31H25N3O6. The average Bonchev–Trinajstić information content (AvgIpc) is 3.27. The van der Waals surface area contributed by atoms with Gasteiger partial charge >= 0.3 is 11.9 Å². The van der Waals surface area contributed by atoms with Crippen LogP contribution in [-0.4, -0.2) is 32.8 Å². The van der Waals surface area contributed by atoms with Crippen LogP contribution < -0.4 is 14.2 Å². The van der Waals surface area contributed by atoms with E-state index in [-0.39, 0.29) is 0 Å². The normalized spacial score (nSPS) is 10.8. The molecule has 0 bridgehead atoms. The number of carbonyl (C=O) groups excluding carboxylic acids is 3. The number of ether oxygens (including phenoxy) is 3. The van der Waals surface area contributed by atoms with Crippen molar-refractivity contribution in [3.8, 4) is 28.6 Å². The fourth-order valence-corrected chi connectivity index (χ4v) is 4.34. The fourth-order valence-electron chi connectivity index (χ4n) is 4.34. The first-order valence-corrected chi connectivity index (χ1v) is 12.5. The molecule has 5 aromatic rings. The molecule has 0 aliphatic rings. The zero-order chi connectivity index (χ0) is 28.1. The van der Waals surface area contributed by atoms with E-state index < -0.39 is 11.9 Å². The van der Waals surface area contributed by atoms with Crippen molar-refractivity contribution in [2.75, 3.05) is 0 Å². The Hall–Kier alpha value is -5.31. The van der Waals surface area contributed by atoms with Gasteiger partial charge in [-0.3, -0.25) is 18.8 Å². The maximum atomic E-state index is 12.2. The van der Waals surface area contributed by atoms with Crippen molar-refractivity contribution in [3.05, 3.63) is 108 Å². The van der Waals surface area contributed by atoms with E-state index in [2.05, 4.69) is 0 Å². The Labute approximate surface area is 230 Å². The molecule has 0 spiro atoms. The molecule has 0 saturated heterocycles. The van der Waals surface area contributed by atoms with Crippen molar-refractivity contribution in [1.29, 1.82) is 0 Å². The molecule has 2 aromatic heterocycles. The summed E-state index contributed by atoms with van der Waals surface area (Å²) < 4.78 is 17.5. The molecule has 0 N–H and O–H groups in total. The van der Waals surface area contributed by atoms with Crippen LogP contribution in [0, 0.1) is 0 Å². The molecule has 0 fully saturated rings. The topological polar surface area (TPSA) is 109 Å². The van der Waals surface area contributed by atoms with Crippen molar-refractivity contribution in [2.45, 2.75) is 26.7 Å². The van der Waals surface area contributed by atoms with Gasteiger partial charge < -0.3 is 14.2 Å². The van der Waals surface area contributed by atoms with Gasteiger partial charge in [-0.15, -0.1) is 0 Å². The zero-order valence-corrected chi connectivity index (χ0v) is 21.9. The van der Waals surface area contributed by atoms with Crippen LogP contribution in [0.4, 0.5) is 0 Å². The highest BCUT2D eigenvalue weighted by Crippen LogP contribution is 2.30. The molecule has 0 amide bonds. The third-order valence-electron chi connectivity index (χ3n) is 6.05. The van der Waals surface area contributed by atoms with E-state index in [0.717, 1.165) is 16.7 Å². The van der Waals surface area contributed by atoms with Gasteiger partial charge in [0.25, 0.3) is 6.47 Å². The van der Waals surface area contributed by atoms with Crippen LogP contribution in [0.5, 0.6) is 17.4 Å². The van der Waals surface area contributed by atoms with Gasteiger partial charge in [0.05, 0.1) is 11.4 Å². The van der Waals surface area contributed by atoms with E-state index in [1.165, 1.54) is 13.8 Å². The summed E-state index contributed by atoms with van der Waals surface area (Å²) in [6.07, 6.45) is 2.64. The second-order valence-corrected chi connectivity index (χ2v) is 9.04. The minimum atomic E-state index is -0.480. The molecule has 0 aliphatic heterocycles. The maximum Gasteiger partial charge on any atom is 0.309 e. The van der Waals surface area contributed by atoms with Crippen LogP contribution in [0.1, 0.15) is 36.4 Å². The first-order valence-electron chi connectivity index (χ1n) is 12.5. The predicted octanol–water partition coefficient (Wildman–Crippen LogP) is 4.96. The van der Waals surface area contributed by atoms with Crippen LogP contribution >= 0.6 is 0 Å². The van der Waals surface area contributed by atoms with Gasteiger partial charge in [-0.05, 0) is 47.5 Å². The molecule has 3 aromatic carbocycles. The Morgan fingerprint density at radius 1 is 0.750 bits per heavy atom. The molecular weight excluding hydrogens is 510 g/mol. The number of imidazole rings is 1. The zero-order valence-electron chi connectivity index (χ0n) is 21.9. The van der Waals surface area contributed by atoms with Gasteiger partial charge in [-0.25, -0.2) is 9.97 Å². The molecule has 5 rings (SSSR count). The van der Waals surface area contributed by atoms with Crippen molar-refractivity contribution in [3.63, 3.8) is 0 Å². The predicted molar refractivity (Wildman–Crippen MR) is 146 cm³/mol. The molecule has 0 radical (unpaired) electrons. The molecule has 200 valence electrons. The van der Waals surface area contributed by atoms with Crippen LogP contribution in [-0.2, 0) is 27.2 Å². The fraction of sp³-hybridized carbons (Fsp3) is 0.129. The van der Waals surface area contributed by atoms with E-state index in [9.17, 15) is 14.4 Å². The van der Waals surface area contributed by atoms with E-state index >= 15 is 0 Å². The first-order chi connectivity index (χ1) is 19.4. The Morgan fingerprint density at radius 3 is 2.02 bits per heavy atom. The summed E-state index contributed by atoms with van der Waals surface area (Å²) in [4.78, 5) is 44.0. The Kier molecular flexibility index (Phi) is 7.63. The van der Waals surface area contributed by atoms with Crippen molar-refractivity contribution >= 4 is 24.1 Å². The number of esters is 2. The van der Waals surface area contributed by atoms with Crippen LogP contribution in [0.3, 0.4) is 0 Å². The van der Waals surface area contributed by atoms with Crippen LogP contribution in [0.25, 0.3) is 16.9 Å². The maximum absolute atomic E-state index is 12.2. The number of hydrogen-bond acceptors (Lipinski definition) is 8. The highest BCUT2D eigenvalue weighted by Gasteiger charge is 2.21. The number of aromatic nitrogens is 3. The van der Waals surface area contributed by atoms with Crippen molar-refractivity contribution in [2.24, 2.45) is 0 Å². The quantitative estimate of drug-likeness (QED) is 0.148. The van der Waals surface area contributed by atoms with Gasteiger partial charge in [0, 0.05) is 38.4 Å². The molecule has 9 heteroatoms. The van der Waals surface area contributed by atoms with Crippen molar-refractivity contribution in [1.82, 2.24) is 14.4 Å². The molecule has 9 nitrogen and oxygen atoms in total.